The Morgan fingerprint density at radius 1 is 1.65 bits per heavy atom. The molecule has 1 aliphatic rings. The molecule has 3 N–H and O–H groups in total. The van der Waals surface area contributed by atoms with Crippen molar-refractivity contribution >= 4 is 24.1 Å². The van der Waals surface area contributed by atoms with Gasteiger partial charge in [0.05, 0.1) is 0 Å². The van der Waals surface area contributed by atoms with E-state index in [-0.39, 0.29) is 18.3 Å². The van der Waals surface area contributed by atoms with Crippen molar-refractivity contribution in [2.75, 3.05) is 31.5 Å². The second kappa shape index (κ2) is 8.24. The molecule has 1 aromatic rings. The summed E-state index contributed by atoms with van der Waals surface area (Å²) in [5.74, 6) is 1.73. The quantitative estimate of drug-likeness (QED) is 0.859. The van der Waals surface area contributed by atoms with Gasteiger partial charge in [-0.2, -0.15) is 0 Å². The predicted octanol–water partition coefficient (Wildman–Crippen LogP) is 1.40. The maximum atomic E-state index is 11.8. The van der Waals surface area contributed by atoms with E-state index in [0.29, 0.717) is 23.9 Å². The minimum absolute atomic E-state index is 0. The highest BCUT2D eigenvalue weighted by Gasteiger charge is 2.19. The lowest BCUT2D eigenvalue weighted by molar-refractivity contribution is -0.116. The van der Waals surface area contributed by atoms with Gasteiger partial charge in [-0.25, -0.2) is 0 Å². The normalized spacial score (nSPS) is 19.4. The number of nitrogens with two attached hydrogens (primary N) is 1. The molecule has 0 radical (unpaired) electrons. The number of nitrogens with one attached hydrogen (secondary N) is 1. The van der Waals surface area contributed by atoms with Crippen LogP contribution in [0.15, 0.2) is 10.6 Å². The summed E-state index contributed by atoms with van der Waals surface area (Å²) < 4.78 is 4.90. The Morgan fingerprint density at radius 2 is 2.45 bits per heavy atom. The molecule has 0 saturated carbocycles. The number of aryl methyl sites for hydroxylation is 1. The number of amides is 1. The van der Waals surface area contributed by atoms with Crippen LogP contribution in [0.25, 0.3) is 0 Å². The van der Waals surface area contributed by atoms with E-state index in [2.05, 4.69) is 15.4 Å². The molecule has 0 aliphatic carbocycles. The Hall–Kier alpha value is -1.11. The van der Waals surface area contributed by atoms with Crippen molar-refractivity contribution in [2.45, 2.75) is 26.2 Å². The van der Waals surface area contributed by atoms with Crippen LogP contribution in [0.2, 0.25) is 0 Å². The topological polar surface area (TPSA) is 84.4 Å². The van der Waals surface area contributed by atoms with Gasteiger partial charge in [0.2, 0.25) is 5.91 Å². The molecule has 0 bridgehead atoms. The number of halogens is 1. The third-order valence-corrected chi connectivity index (χ3v) is 3.49. The van der Waals surface area contributed by atoms with Crippen LogP contribution in [-0.2, 0) is 4.79 Å². The number of aromatic nitrogens is 1. The van der Waals surface area contributed by atoms with Gasteiger partial charge < -0.3 is 20.5 Å². The fourth-order valence-electron chi connectivity index (χ4n) is 2.44. The van der Waals surface area contributed by atoms with Gasteiger partial charge in [-0.15, -0.1) is 12.4 Å². The van der Waals surface area contributed by atoms with Gasteiger partial charge in [-0.05, 0) is 38.8 Å². The number of nitrogens with zero attached hydrogens (tertiary/aromatic N) is 2. The van der Waals surface area contributed by atoms with Gasteiger partial charge in [0.15, 0.2) is 5.82 Å². The van der Waals surface area contributed by atoms with Gasteiger partial charge in [0.25, 0.3) is 0 Å². The summed E-state index contributed by atoms with van der Waals surface area (Å²) in [6, 6.07) is 1.71. The largest absolute Gasteiger partial charge is 0.360 e. The summed E-state index contributed by atoms with van der Waals surface area (Å²) in [5.41, 5.74) is 5.70. The van der Waals surface area contributed by atoms with E-state index in [1.807, 2.05) is 0 Å². The molecule has 1 fully saturated rings. The molecular formula is C13H23ClN4O2. The molecule has 1 unspecified atom stereocenters. The first-order chi connectivity index (χ1) is 9.17. The second-order valence-corrected chi connectivity index (χ2v) is 5.17. The lowest BCUT2D eigenvalue weighted by Gasteiger charge is -2.31. The van der Waals surface area contributed by atoms with Crippen molar-refractivity contribution in [1.29, 1.82) is 0 Å². The summed E-state index contributed by atoms with van der Waals surface area (Å²) in [5, 5.41) is 6.47. The molecule has 1 atom stereocenters. The SMILES string of the molecule is Cc1cc(NC(=O)CCN2CCCC(CN)C2)no1.Cl. The standard InChI is InChI=1S/C13H22N4O2.ClH/c1-10-7-12(16-19-10)15-13(18)4-6-17-5-2-3-11(8-14)9-17;/h7,11H,2-6,8-9,14H2,1H3,(H,15,16,18);1H. The maximum Gasteiger partial charge on any atom is 0.226 e. The Bertz CT molecular complexity index is 424. The van der Waals surface area contributed by atoms with Crippen molar-refractivity contribution in [3.63, 3.8) is 0 Å². The highest BCUT2D eigenvalue weighted by molar-refractivity contribution is 5.89. The van der Waals surface area contributed by atoms with Crippen molar-refractivity contribution in [2.24, 2.45) is 11.7 Å². The zero-order valence-corrected chi connectivity index (χ0v) is 12.6. The summed E-state index contributed by atoms with van der Waals surface area (Å²) in [7, 11) is 0. The molecule has 1 saturated heterocycles. The highest BCUT2D eigenvalue weighted by atomic mass is 35.5. The molecule has 1 amide bonds. The average molecular weight is 303 g/mol. The third kappa shape index (κ3) is 5.11. The number of hydrogen-bond acceptors (Lipinski definition) is 5. The molecule has 114 valence electrons. The molecular weight excluding hydrogens is 280 g/mol. The van der Waals surface area contributed by atoms with Crippen LogP contribution in [0.1, 0.15) is 25.0 Å². The smallest absolute Gasteiger partial charge is 0.226 e. The number of anilines is 1. The van der Waals surface area contributed by atoms with Crippen molar-refractivity contribution < 1.29 is 9.32 Å². The Morgan fingerprint density at radius 3 is 3.10 bits per heavy atom. The number of hydrogen-bond donors (Lipinski definition) is 2. The van der Waals surface area contributed by atoms with Crippen molar-refractivity contribution in [1.82, 2.24) is 10.1 Å². The molecule has 2 rings (SSSR count). The Labute approximate surface area is 125 Å². The molecule has 7 heteroatoms. The van der Waals surface area contributed by atoms with Crippen LogP contribution in [-0.4, -0.2) is 42.1 Å². The minimum atomic E-state index is -0.0248. The molecule has 2 heterocycles. The van der Waals surface area contributed by atoms with Crippen LogP contribution < -0.4 is 11.1 Å². The lowest BCUT2D eigenvalue weighted by atomic mass is 9.98. The monoisotopic (exact) mass is 302 g/mol. The van der Waals surface area contributed by atoms with Crippen LogP contribution in [0.5, 0.6) is 0 Å². The third-order valence-electron chi connectivity index (χ3n) is 3.49. The fraction of sp³-hybridized carbons (Fsp3) is 0.692. The summed E-state index contributed by atoms with van der Waals surface area (Å²) >= 11 is 0. The van der Waals surface area contributed by atoms with Crippen molar-refractivity contribution in [3.8, 4) is 0 Å². The first-order valence-corrected chi connectivity index (χ1v) is 6.83. The van der Waals surface area contributed by atoms with E-state index in [1.165, 1.54) is 12.8 Å². The van der Waals surface area contributed by atoms with Gasteiger partial charge in [-0.1, -0.05) is 5.16 Å². The average Bonchev–Trinajstić information content (AvgIpc) is 2.82. The number of likely N-dealkylation sites (tertiary alicyclic amines) is 1. The van der Waals surface area contributed by atoms with E-state index < -0.39 is 0 Å². The van der Waals surface area contributed by atoms with Gasteiger partial charge in [0, 0.05) is 25.6 Å². The molecule has 0 spiro atoms. The van der Waals surface area contributed by atoms with E-state index in [4.69, 9.17) is 10.3 Å². The van der Waals surface area contributed by atoms with Gasteiger partial charge >= 0.3 is 0 Å². The van der Waals surface area contributed by atoms with Crippen molar-refractivity contribution in [3.05, 3.63) is 11.8 Å². The fourth-order valence-corrected chi connectivity index (χ4v) is 2.44. The number of rotatable bonds is 5. The molecule has 1 aromatic heterocycles. The van der Waals surface area contributed by atoms with E-state index in [9.17, 15) is 4.79 Å². The van der Waals surface area contributed by atoms with E-state index in [1.54, 1.807) is 13.0 Å². The van der Waals surface area contributed by atoms with E-state index >= 15 is 0 Å². The van der Waals surface area contributed by atoms with Gasteiger partial charge in [-0.3, -0.25) is 4.79 Å². The predicted molar refractivity (Wildman–Crippen MR) is 80.0 cm³/mol. The van der Waals surface area contributed by atoms with E-state index in [0.717, 1.165) is 26.2 Å². The van der Waals surface area contributed by atoms with Crippen LogP contribution in [0.4, 0.5) is 5.82 Å². The number of piperidine rings is 1. The number of carbonyl (C=O) groups is 1. The summed E-state index contributed by atoms with van der Waals surface area (Å²) in [6.45, 7) is 5.38. The second-order valence-electron chi connectivity index (χ2n) is 5.17. The Kier molecular flexibility index (Phi) is 6.98. The number of carbonyl (C=O) groups excluding carboxylic acids is 1. The summed E-state index contributed by atoms with van der Waals surface area (Å²) in [6.07, 6.45) is 2.85. The first-order valence-electron chi connectivity index (χ1n) is 6.83. The first kappa shape index (κ1) is 16.9. The lowest BCUT2D eigenvalue weighted by Crippen LogP contribution is -2.39. The zero-order valence-electron chi connectivity index (χ0n) is 11.8. The van der Waals surface area contributed by atoms with Gasteiger partial charge in [0.1, 0.15) is 5.76 Å². The Balaban J connectivity index is 0.00000200. The van der Waals surface area contributed by atoms with Crippen LogP contribution in [0.3, 0.4) is 0 Å². The molecule has 1 aliphatic heterocycles. The highest BCUT2D eigenvalue weighted by Crippen LogP contribution is 2.15. The molecule has 6 nitrogen and oxygen atoms in total. The summed E-state index contributed by atoms with van der Waals surface area (Å²) in [4.78, 5) is 14.1. The zero-order chi connectivity index (χ0) is 13.7. The molecule has 20 heavy (non-hydrogen) atoms. The minimum Gasteiger partial charge on any atom is -0.360 e. The maximum absolute atomic E-state index is 11.8. The van der Waals surface area contributed by atoms with Crippen LogP contribution >= 0.6 is 12.4 Å². The van der Waals surface area contributed by atoms with Crippen LogP contribution in [0, 0.1) is 12.8 Å². The molecule has 0 aromatic carbocycles.